The second-order valence-electron chi connectivity index (χ2n) is 6.05. The molecule has 0 saturated heterocycles. The van der Waals surface area contributed by atoms with E-state index in [1.54, 1.807) is 31.2 Å². The minimum Gasteiger partial charge on any atom is -0.481 e. The Morgan fingerprint density at radius 2 is 1.68 bits per heavy atom. The summed E-state index contributed by atoms with van der Waals surface area (Å²) in [6.45, 7) is 5.92. The van der Waals surface area contributed by atoms with Gasteiger partial charge >= 0.3 is 5.97 Å². The third kappa shape index (κ3) is 5.08. The highest BCUT2D eigenvalue weighted by molar-refractivity contribution is 5.96. The van der Waals surface area contributed by atoms with E-state index < -0.39 is 12.1 Å². The molecule has 0 aliphatic carbocycles. The van der Waals surface area contributed by atoms with E-state index in [1.165, 1.54) is 12.7 Å². The molecule has 0 saturated carbocycles. The Hall–Kier alpha value is -2.82. The van der Waals surface area contributed by atoms with Gasteiger partial charge in [-0.05, 0) is 48.7 Å². The number of esters is 1. The summed E-state index contributed by atoms with van der Waals surface area (Å²) in [6.07, 6.45) is -0.674. The molecule has 1 N–H and O–H groups in total. The van der Waals surface area contributed by atoms with Crippen LogP contribution in [0.3, 0.4) is 0 Å². The molecule has 1 atom stereocenters. The largest absolute Gasteiger partial charge is 0.481 e. The van der Waals surface area contributed by atoms with E-state index in [2.05, 4.69) is 23.9 Å². The lowest BCUT2D eigenvalue weighted by Crippen LogP contribution is -2.30. The molecule has 5 nitrogen and oxygen atoms in total. The first-order chi connectivity index (χ1) is 11.9. The highest BCUT2D eigenvalue weighted by Crippen LogP contribution is 2.20. The molecule has 0 fully saturated rings. The fourth-order valence-electron chi connectivity index (χ4n) is 2.27. The molecule has 2 aromatic carbocycles. The minimum absolute atomic E-state index is 0.296. The Kier molecular flexibility index (Phi) is 6.17. The maximum absolute atomic E-state index is 12.3. The molecule has 0 spiro atoms. The monoisotopic (exact) mass is 341 g/mol. The van der Waals surface area contributed by atoms with Crippen molar-refractivity contribution in [1.82, 2.24) is 0 Å². The highest BCUT2D eigenvalue weighted by atomic mass is 16.5. The lowest BCUT2D eigenvalue weighted by atomic mass is 10.0. The number of anilines is 1. The average Bonchev–Trinajstić information content (AvgIpc) is 2.61. The Balaban J connectivity index is 1.99. The van der Waals surface area contributed by atoms with E-state index >= 15 is 0 Å². The minimum atomic E-state index is -0.674. The number of carbonyl (C=O) groups excluding carboxylic acids is 2. The molecule has 1 unspecified atom stereocenters. The normalized spacial score (nSPS) is 11.7. The van der Waals surface area contributed by atoms with Crippen LogP contribution in [0.25, 0.3) is 0 Å². The van der Waals surface area contributed by atoms with E-state index in [0.717, 1.165) is 0 Å². The zero-order chi connectivity index (χ0) is 18.4. The van der Waals surface area contributed by atoms with Gasteiger partial charge in [0.25, 0.3) is 5.91 Å². The predicted octanol–water partition coefficient (Wildman–Crippen LogP) is 4.00. The summed E-state index contributed by atoms with van der Waals surface area (Å²) in [6, 6.07) is 14.3. The lowest BCUT2D eigenvalue weighted by molar-refractivity contribution is -0.122. The molecule has 0 heterocycles. The summed E-state index contributed by atoms with van der Waals surface area (Å²) in [5.74, 6) is 0.327. The lowest BCUT2D eigenvalue weighted by Gasteiger charge is -2.15. The van der Waals surface area contributed by atoms with Crippen LogP contribution in [0.2, 0.25) is 0 Å². The third-order valence-electron chi connectivity index (χ3n) is 3.78. The molecular weight excluding hydrogens is 318 g/mol. The molecule has 0 aromatic heterocycles. The van der Waals surface area contributed by atoms with Crippen molar-refractivity contribution in [2.75, 3.05) is 12.4 Å². The smallest absolute Gasteiger partial charge is 0.337 e. The highest BCUT2D eigenvalue weighted by Gasteiger charge is 2.16. The summed E-state index contributed by atoms with van der Waals surface area (Å²) in [4.78, 5) is 23.8. The molecule has 0 aliphatic rings. The van der Waals surface area contributed by atoms with Crippen LogP contribution in [0, 0.1) is 0 Å². The van der Waals surface area contributed by atoms with Crippen LogP contribution in [0.1, 0.15) is 42.6 Å². The fraction of sp³-hybridized carbons (Fsp3) is 0.300. The first kappa shape index (κ1) is 18.5. The first-order valence-electron chi connectivity index (χ1n) is 8.16. The van der Waals surface area contributed by atoms with E-state index in [4.69, 9.17) is 4.74 Å². The molecule has 5 heteroatoms. The van der Waals surface area contributed by atoms with Gasteiger partial charge < -0.3 is 14.8 Å². The SMILES string of the molecule is COC(=O)c1cccc(NC(=O)C(C)Oc2ccc(C(C)C)cc2)c1. The average molecular weight is 341 g/mol. The first-order valence-corrected chi connectivity index (χ1v) is 8.16. The molecule has 0 radical (unpaired) electrons. The van der Waals surface area contributed by atoms with Crippen LogP contribution in [0.4, 0.5) is 5.69 Å². The van der Waals surface area contributed by atoms with Gasteiger partial charge in [0.2, 0.25) is 0 Å². The van der Waals surface area contributed by atoms with Gasteiger partial charge in [0.05, 0.1) is 12.7 Å². The van der Waals surface area contributed by atoms with Gasteiger partial charge in [-0.15, -0.1) is 0 Å². The van der Waals surface area contributed by atoms with Crippen molar-refractivity contribution in [2.24, 2.45) is 0 Å². The van der Waals surface area contributed by atoms with E-state index in [-0.39, 0.29) is 5.91 Å². The second kappa shape index (κ2) is 8.33. The zero-order valence-corrected chi connectivity index (χ0v) is 14.9. The van der Waals surface area contributed by atoms with Crippen molar-refractivity contribution in [1.29, 1.82) is 0 Å². The van der Waals surface area contributed by atoms with E-state index in [0.29, 0.717) is 22.9 Å². The summed E-state index contributed by atoms with van der Waals surface area (Å²) < 4.78 is 10.4. The predicted molar refractivity (Wildman–Crippen MR) is 97.0 cm³/mol. The van der Waals surface area contributed by atoms with Crippen molar-refractivity contribution in [2.45, 2.75) is 32.8 Å². The van der Waals surface area contributed by atoms with Crippen LogP contribution < -0.4 is 10.1 Å². The van der Waals surface area contributed by atoms with Crippen molar-refractivity contribution < 1.29 is 19.1 Å². The number of amides is 1. The number of carbonyl (C=O) groups is 2. The van der Waals surface area contributed by atoms with Crippen LogP contribution in [0.5, 0.6) is 5.75 Å². The maximum Gasteiger partial charge on any atom is 0.337 e. The summed E-state index contributed by atoms with van der Waals surface area (Å²) in [7, 11) is 1.31. The Bertz CT molecular complexity index is 738. The Morgan fingerprint density at radius 3 is 2.28 bits per heavy atom. The third-order valence-corrected chi connectivity index (χ3v) is 3.78. The van der Waals surface area contributed by atoms with Gasteiger partial charge in [-0.2, -0.15) is 0 Å². The van der Waals surface area contributed by atoms with Crippen molar-refractivity contribution in [3.05, 3.63) is 59.7 Å². The molecule has 25 heavy (non-hydrogen) atoms. The maximum atomic E-state index is 12.3. The molecule has 2 rings (SSSR count). The van der Waals surface area contributed by atoms with Crippen LogP contribution in [-0.4, -0.2) is 25.1 Å². The molecule has 132 valence electrons. The second-order valence-corrected chi connectivity index (χ2v) is 6.05. The van der Waals surface area contributed by atoms with Crippen LogP contribution >= 0.6 is 0 Å². The van der Waals surface area contributed by atoms with Gasteiger partial charge in [0.15, 0.2) is 6.10 Å². The van der Waals surface area contributed by atoms with Gasteiger partial charge in [-0.1, -0.05) is 32.0 Å². The molecule has 0 bridgehead atoms. The fourth-order valence-corrected chi connectivity index (χ4v) is 2.27. The van der Waals surface area contributed by atoms with Gasteiger partial charge in [-0.3, -0.25) is 4.79 Å². The molecule has 2 aromatic rings. The standard InChI is InChI=1S/C20H23NO4/c1-13(2)15-8-10-18(11-9-15)25-14(3)19(22)21-17-7-5-6-16(12-17)20(23)24-4/h5-14H,1-4H3,(H,21,22). The van der Waals surface area contributed by atoms with Gasteiger partial charge in [0.1, 0.15) is 5.75 Å². The van der Waals surface area contributed by atoms with Gasteiger partial charge in [0, 0.05) is 5.69 Å². The summed E-state index contributed by atoms with van der Waals surface area (Å²) in [5, 5.41) is 2.74. The van der Waals surface area contributed by atoms with E-state index in [1.807, 2.05) is 24.3 Å². The van der Waals surface area contributed by atoms with Crippen molar-refractivity contribution in [3.63, 3.8) is 0 Å². The number of methoxy groups -OCH3 is 1. The number of rotatable bonds is 6. The van der Waals surface area contributed by atoms with Crippen LogP contribution in [0.15, 0.2) is 48.5 Å². The van der Waals surface area contributed by atoms with E-state index in [9.17, 15) is 9.59 Å². The topological polar surface area (TPSA) is 64.6 Å². The zero-order valence-electron chi connectivity index (χ0n) is 14.9. The molecular formula is C20H23NO4. The van der Waals surface area contributed by atoms with Crippen molar-refractivity contribution >= 4 is 17.6 Å². The Morgan fingerprint density at radius 1 is 1.00 bits per heavy atom. The summed E-state index contributed by atoms with van der Waals surface area (Å²) in [5.41, 5.74) is 2.10. The number of nitrogens with one attached hydrogen (secondary N) is 1. The van der Waals surface area contributed by atoms with Crippen LogP contribution in [-0.2, 0) is 9.53 Å². The summed E-state index contributed by atoms with van der Waals surface area (Å²) >= 11 is 0. The Labute approximate surface area is 148 Å². The number of benzene rings is 2. The number of hydrogen-bond acceptors (Lipinski definition) is 4. The quantitative estimate of drug-likeness (QED) is 0.807. The number of hydrogen-bond donors (Lipinski definition) is 1. The van der Waals surface area contributed by atoms with Gasteiger partial charge in [-0.25, -0.2) is 4.79 Å². The molecule has 1 amide bonds. The van der Waals surface area contributed by atoms with Crippen molar-refractivity contribution in [3.8, 4) is 5.75 Å². The molecule has 0 aliphatic heterocycles. The number of ether oxygens (including phenoxy) is 2.